The Labute approximate surface area is 838 Å². The molecule has 7 aromatic heterocycles. The molecule has 0 bridgehead atoms. The summed E-state index contributed by atoms with van der Waals surface area (Å²) < 4.78 is 98.5. The molecule has 1 N–H and O–H groups in total. The number of para-hydroxylation sites is 2. The number of benzene rings is 9. The summed E-state index contributed by atoms with van der Waals surface area (Å²) >= 11 is 0. The molecule has 5 fully saturated rings. The van der Waals surface area contributed by atoms with Crippen molar-refractivity contribution in [2.45, 2.75) is 6.92 Å². The first kappa shape index (κ1) is 96.3. The molecule has 16 heterocycles. The van der Waals surface area contributed by atoms with E-state index in [4.69, 9.17) is 60.5 Å². The first-order valence-corrected chi connectivity index (χ1v) is 47.5. The van der Waals surface area contributed by atoms with Crippen LogP contribution in [0.2, 0.25) is 0 Å². The quantitative estimate of drug-likeness (QED) is 0.106. The smallest absolute Gasteiger partial charge is 0.276 e. The second kappa shape index (κ2) is 44.1. The zero-order valence-corrected chi connectivity index (χ0v) is 79.6. The highest BCUT2D eigenvalue weighted by atomic mass is 19.1. The fourth-order valence-corrected chi connectivity index (χ4v) is 17.6. The number of aryl methyl sites for hydroxylation is 2. The SMILES string of the molecule is Cc1nn(C)c2cc(-c3cc(C(=O)N4CCNCC4)no3)ccc12.O=C(c1cc(-c2ccc3c(c2)OCO3)on1)N1CCN(c2ccc(F)cc2)CC1.O=C(c1cc(-c2ccc3c(c2)OCO3)on1)N1CCN(c2ccccc2)C(=O)C1.O=C(c1cc(-c2ccc3c(c2)OCO3)on1)N1CCN(c2ccccc2F)CC1.O=C(c1ccncc1)N1CCN(C(=O)c2cc(-c3ccc4c(c3)OCO4)on2)CC1.c1ccccc1. The van der Waals surface area contributed by atoms with E-state index in [0.29, 0.717) is 196 Å². The predicted octanol–water partition coefficient (Wildman–Crippen LogP) is 14.2. The summed E-state index contributed by atoms with van der Waals surface area (Å²) in [5, 5.41) is 28.5. The summed E-state index contributed by atoms with van der Waals surface area (Å²) in [4.78, 5) is 109. The molecule has 0 atom stereocenters. The van der Waals surface area contributed by atoms with E-state index in [-0.39, 0.29) is 109 Å². The molecule has 0 unspecified atom stereocenters. The maximum atomic E-state index is 14.0. The maximum absolute atomic E-state index is 14.0. The summed E-state index contributed by atoms with van der Waals surface area (Å²) in [6.45, 7) is 12.9. The van der Waals surface area contributed by atoms with Gasteiger partial charge in [-0.25, -0.2) is 8.78 Å². The van der Waals surface area contributed by atoms with Crippen molar-refractivity contribution in [3.8, 4) is 103 Å². The largest absolute Gasteiger partial charge is 0.454 e. The number of pyridine rings is 1. The number of hydrogen-bond acceptors (Lipinski definition) is 30. The molecule has 7 amide bonds. The molecule has 0 saturated carbocycles. The number of ether oxygens (including phenoxy) is 8. The molecule has 38 nitrogen and oxygen atoms in total. The van der Waals surface area contributed by atoms with Crippen molar-refractivity contribution in [1.82, 2.24) is 75.3 Å². The van der Waals surface area contributed by atoms with Gasteiger partial charge >= 0.3 is 0 Å². The predicted molar refractivity (Wildman–Crippen MR) is 528 cm³/mol. The second-order valence-corrected chi connectivity index (χ2v) is 34.7. The number of carbonyl (C=O) groups is 7. The monoisotopic (exact) mass is 1990 g/mol. The lowest BCUT2D eigenvalue weighted by Crippen LogP contribution is -2.52. The molecule has 748 valence electrons. The Hall–Kier alpha value is -18.2. The topological polar surface area (TPSA) is 395 Å². The van der Waals surface area contributed by atoms with Crippen LogP contribution in [0.15, 0.2) is 284 Å². The molecule has 5 saturated heterocycles. The van der Waals surface area contributed by atoms with Gasteiger partial charge in [-0.2, -0.15) is 5.10 Å². The van der Waals surface area contributed by atoms with Gasteiger partial charge in [-0.3, -0.25) is 43.2 Å². The van der Waals surface area contributed by atoms with Crippen molar-refractivity contribution >= 4 is 69.3 Å². The molecule has 40 heteroatoms. The van der Waals surface area contributed by atoms with Crippen molar-refractivity contribution in [2.24, 2.45) is 7.05 Å². The van der Waals surface area contributed by atoms with Crippen LogP contribution < -0.4 is 57.9 Å². The van der Waals surface area contributed by atoms with Crippen molar-refractivity contribution in [3.05, 3.63) is 312 Å². The van der Waals surface area contributed by atoms with Crippen LogP contribution in [0, 0.1) is 18.6 Å². The minimum atomic E-state index is -0.332. The maximum Gasteiger partial charge on any atom is 0.276 e. The molecule has 9 aromatic carbocycles. The molecule has 9 aliphatic heterocycles. The van der Waals surface area contributed by atoms with Crippen LogP contribution in [0.4, 0.5) is 25.8 Å². The van der Waals surface area contributed by atoms with Crippen LogP contribution in [0.3, 0.4) is 0 Å². The third-order valence-electron chi connectivity index (χ3n) is 25.5. The lowest BCUT2D eigenvalue weighted by atomic mass is 10.1. The van der Waals surface area contributed by atoms with Crippen LogP contribution in [0.1, 0.15) is 68.5 Å². The number of anilines is 3. The van der Waals surface area contributed by atoms with E-state index in [1.165, 1.54) is 23.1 Å². The Kier molecular flexibility index (Phi) is 28.9. The number of nitrogens with one attached hydrogen (secondary N) is 1. The lowest BCUT2D eigenvalue weighted by Gasteiger charge is -2.35. The number of piperazine rings is 5. The normalized spacial score (nSPS) is 15.2. The summed E-state index contributed by atoms with van der Waals surface area (Å²) in [6, 6.07) is 73.7. The second-order valence-electron chi connectivity index (χ2n) is 34.7. The molecular formula is C107H96F2N18O20. The van der Waals surface area contributed by atoms with Gasteiger partial charge in [0.2, 0.25) is 33.1 Å². The fourth-order valence-electron chi connectivity index (χ4n) is 17.6. The van der Waals surface area contributed by atoms with Crippen LogP contribution >= 0.6 is 0 Å². The number of fused-ring (bicyclic) bond motifs is 5. The third kappa shape index (κ3) is 22.2. The van der Waals surface area contributed by atoms with Crippen molar-refractivity contribution in [1.29, 1.82) is 0 Å². The average Bonchev–Trinajstić information content (AvgIpc) is 1.64. The zero-order chi connectivity index (χ0) is 101. The number of aromatic nitrogens is 8. The van der Waals surface area contributed by atoms with Crippen molar-refractivity contribution in [3.63, 3.8) is 0 Å². The molecule has 0 spiro atoms. The van der Waals surface area contributed by atoms with Gasteiger partial charge < -0.3 is 110 Å². The zero-order valence-electron chi connectivity index (χ0n) is 79.6. The van der Waals surface area contributed by atoms with Crippen LogP contribution in [-0.4, -0.2) is 263 Å². The number of hydrogen-bond donors (Lipinski definition) is 1. The Morgan fingerprint density at radius 3 is 1.09 bits per heavy atom. The van der Waals surface area contributed by atoms with Crippen LogP contribution in [0.5, 0.6) is 46.0 Å². The van der Waals surface area contributed by atoms with E-state index in [9.17, 15) is 42.3 Å². The Balaban J connectivity index is 0.000000110. The van der Waals surface area contributed by atoms with E-state index in [1.807, 2.05) is 139 Å². The molecule has 0 radical (unpaired) electrons. The molecule has 0 aliphatic carbocycles. The molecule has 16 aromatic rings. The van der Waals surface area contributed by atoms with Crippen molar-refractivity contribution in [2.75, 3.05) is 166 Å². The fraction of sp³-hybridized carbons (Fsp3) is 0.234. The third-order valence-corrected chi connectivity index (χ3v) is 25.5. The number of rotatable bonds is 14. The number of nitrogens with zero attached hydrogens (tertiary/aromatic N) is 17. The van der Waals surface area contributed by atoms with Gasteiger partial charge in [0.15, 0.2) is 103 Å². The van der Waals surface area contributed by atoms with Crippen molar-refractivity contribution < 1.29 is 103 Å². The number of amides is 7. The Bertz CT molecular complexity index is 7390. The average molecular weight is 1990 g/mol. The van der Waals surface area contributed by atoms with Gasteiger partial charge in [0.05, 0.1) is 16.9 Å². The van der Waals surface area contributed by atoms with Gasteiger partial charge in [-0.1, -0.05) is 105 Å². The highest BCUT2D eigenvalue weighted by Crippen LogP contribution is 2.42. The molecule has 147 heavy (non-hydrogen) atoms. The first-order chi connectivity index (χ1) is 71.9. The minimum Gasteiger partial charge on any atom is -0.454 e. The Morgan fingerprint density at radius 2 is 0.673 bits per heavy atom. The van der Waals surface area contributed by atoms with Crippen LogP contribution in [0.25, 0.3) is 67.5 Å². The van der Waals surface area contributed by atoms with E-state index < -0.39 is 0 Å². The summed E-state index contributed by atoms with van der Waals surface area (Å²) in [7, 11) is 1.92. The Morgan fingerprint density at radius 1 is 0.327 bits per heavy atom. The number of halogens is 2. The number of carbonyl (C=O) groups excluding carboxylic acids is 7. The van der Waals surface area contributed by atoms with E-state index >= 15 is 0 Å². The molecular weight excluding hydrogens is 1900 g/mol. The van der Waals surface area contributed by atoms with Crippen LogP contribution in [-0.2, 0) is 11.8 Å². The van der Waals surface area contributed by atoms with Gasteiger partial charge in [-0.05, 0) is 146 Å². The van der Waals surface area contributed by atoms with Gasteiger partial charge in [-0.15, -0.1) is 0 Å². The van der Waals surface area contributed by atoms with E-state index in [0.717, 1.165) is 68.9 Å². The molecule has 9 aliphatic rings. The van der Waals surface area contributed by atoms with Gasteiger partial charge in [0.25, 0.3) is 35.4 Å². The standard InChI is InChI=1S/2C21H18FN3O4.C21H18N4O5.C21H17N3O5.C17H19N5O2.C6H6/c22-15-2-4-16(5-3-15)24-7-9-25(10-8-24)21(26)17-12-19(29-23-17)14-1-6-18-20(11-14)28-13-27-18;22-15-3-1-2-4-17(15)24-7-9-25(10-8-24)21(26)16-12-19(29-23-16)14-5-6-18-20(11-14)28-13-27-18;26-20(14-3-5-22-6-4-14)24-7-9-25(10-8-24)21(27)16-12-18(30-23-16)15-1-2-17-19(11-15)29-13-28-17;25-20-12-23(8-9-24(20)15-4-2-1-3-5-15)21(26)16-11-18(29-22-16)14-6-7-17-19(10-14)28-13-27-17;1-11-13-4-3-12(9-15(13)21(2)19-11)16-10-14(20-24-16)17(23)22-7-5-18-6-8-22;1-2-4-6-5-3-1/h2*1-6,11-12H,7-10,13H2;1-6,11-12H,7-10,13H2;1-7,10-11H,8-9,12-13H2;3-4,9-10,18H,5-8H2,1-2H3;1-6H. The molecule has 25 rings (SSSR count). The summed E-state index contributed by atoms with van der Waals surface area (Å²) in [5.74, 6) is 6.03. The van der Waals surface area contributed by atoms with Gasteiger partial charge in [0, 0.05) is 218 Å². The highest BCUT2D eigenvalue weighted by molar-refractivity contribution is 6.02. The summed E-state index contributed by atoms with van der Waals surface area (Å²) in [6.07, 6.45) is 3.19. The van der Waals surface area contributed by atoms with E-state index in [1.54, 1.807) is 157 Å². The highest BCUT2D eigenvalue weighted by Gasteiger charge is 2.35. The lowest BCUT2D eigenvalue weighted by molar-refractivity contribution is -0.120. The van der Waals surface area contributed by atoms with Gasteiger partial charge in [0.1, 0.15) is 18.2 Å². The minimum absolute atomic E-state index is 0.0000546. The summed E-state index contributed by atoms with van der Waals surface area (Å²) in [5.41, 5.74) is 10.1. The van der Waals surface area contributed by atoms with E-state index in [2.05, 4.69) is 46.1 Å². The first-order valence-electron chi connectivity index (χ1n) is 47.5.